The fraction of sp³-hybridized carbons (Fsp3) is 0.500. The van der Waals surface area contributed by atoms with Crippen LogP contribution in [0, 0.1) is 11.8 Å². The summed E-state index contributed by atoms with van der Waals surface area (Å²) >= 11 is 0. The first-order valence-corrected chi connectivity index (χ1v) is 14.3. The van der Waals surface area contributed by atoms with Crippen molar-refractivity contribution in [3.05, 3.63) is 54.1 Å². The predicted molar refractivity (Wildman–Crippen MR) is 155 cm³/mol. The molecule has 10 nitrogen and oxygen atoms in total. The largest absolute Gasteiger partial charge is 0.484 e. The maximum atomic E-state index is 12.3. The number of nitrogens with one attached hydrogen (secondary N) is 1. The topological polar surface area (TPSA) is 137 Å². The monoisotopic (exact) mass is 583 g/mol. The van der Waals surface area contributed by atoms with E-state index in [0.29, 0.717) is 44.6 Å². The molecule has 2 aromatic carbocycles. The van der Waals surface area contributed by atoms with E-state index in [1.165, 1.54) is 13.0 Å². The second-order valence-electron chi connectivity index (χ2n) is 10.7. The number of carbonyl (C=O) groups is 4. The second-order valence-corrected chi connectivity index (χ2v) is 10.7. The van der Waals surface area contributed by atoms with E-state index in [-0.39, 0.29) is 47.8 Å². The molecule has 0 aliphatic carbocycles. The first kappa shape index (κ1) is 32.8. The number of aromatic carboxylic acids is 1. The molecule has 2 N–H and O–H groups in total. The van der Waals surface area contributed by atoms with Crippen LogP contribution in [0.2, 0.25) is 0 Å². The van der Waals surface area contributed by atoms with Gasteiger partial charge in [-0.05, 0) is 61.1 Å². The lowest BCUT2D eigenvalue weighted by molar-refractivity contribution is -0.271. The SMILES string of the molecule is CC(=O)O[C@@H]1C(OCCCC(=O)CCCNC(=O)COc2ccc(-c3cccc(C(=O)O)c3)cc2)O[C@@H](C)[C@H](C)C1C. The number of rotatable bonds is 15. The molecular formula is C32H41NO9. The molecule has 1 aliphatic rings. The van der Waals surface area contributed by atoms with Crippen LogP contribution in [-0.4, -0.2) is 67.0 Å². The Balaban J connectivity index is 1.29. The van der Waals surface area contributed by atoms with E-state index >= 15 is 0 Å². The Bertz CT molecular complexity index is 1210. The quantitative estimate of drug-likeness (QED) is 0.227. The summed E-state index contributed by atoms with van der Waals surface area (Å²) in [7, 11) is 0. The minimum atomic E-state index is -0.988. The van der Waals surface area contributed by atoms with Crippen molar-refractivity contribution in [1.29, 1.82) is 0 Å². The van der Waals surface area contributed by atoms with E-state index in [4.69, 9.17) is 24.1 Å². The summed E-state index contributed by atoms with van der Waals surface area (Å²) in [6.07, 6.45) is 0.551. The van der Waals surface area contributed by atoms with Gasteiger partial charge in [-0.3, -0.25) is 14.4 Å². The molecule has 1 amide bonds. The van der Waals surface area contributed by atoms with Gasteiger partial charge >= 0.3 is 11.9 Å². The van der Waals surface area contributed by atoms with E-state index in [2.05, 4.69) is 12.2 Å². The number of amides is 1. The number of hydrogen-bond acceptors (Lipinski definition) is 8. The number of carboxylic acids is 1. The summed E-state index contributed by atoms with van der Waals surface area (Å²) in [4.78, 5) is 47.1. The van der Waals surface area contributed by atoms with Gasteiger partial charge in [0.25, 0.3) is 5.91 Å². The van der Waals surface area contributed by atoms with E-state index in [1.807, 2.05) is 19.9 Å². The van der Waals surface area contributed by atoms with Crippen LogP contribution >= 0.6 is 0 Å². The molecule has 3 rings (SSSR count). The van der Waals surface area contributed by atoms with Gasteiger partial charge in [0, 0.05) is 32.2 Å². The van der Waals surface area contributed by atoms with Crippen molar-refractivity contribution in [3.63, 3.8) is 0 Å². The Hall–Kier alpha value is -3.76. The van der Waals surface area contributed by atoms with Crippen molar-refractivity contribution in [2.24, 2.45) is 11.8 Å². The number of hydrogen-bond donors (Lipinski definition) is 2. The van der Waals surface area contributed by atoms with E-state index in [9.17, 15) is 19.2 Å². The standard InChI is InChI=1S/C32H41NO9/c1-20-21(2)30(42-23(4)34)32(41-22(20)3)39-17-7-11-27(35)10-6-16-33-29(36)19-40-28-14-12-24(13-15-28)25-8-5-9-26(18-25)31(37)38/h5,8-9,12-15,18,20-22,30,32H,6-7,10-11,16-17,19H2,1-4H3,(H,33,36)(H,37,38)/t20-,21?,22+,30+,32?/m1/s1. The van der Waals surface area contributed by atoms with Gasteiger partial charge in [0.15, 0.2) is 19.0 Å². The van der Waals surface area contributed by atoms with Gasteiger partial charge in [0.1, 0.15) is 11.5 Å². The summed E-state index contributed by atoms with van der Waals surface area (Å²) in [6, 6.07) is 13.7. The Labute approximate surface area is 246 Å². The van der Waals surface area contributed by atoms with Gasteiger partial charge < -0.3 is 29.4 Å². The third-order valence-electron chi connectivity index (χ3n) is 7.51. The second kappa shape index (κ2) is 16.0. The molecule has 1 saturated heterocycles. The molecule has 0 saturated carbocycles. The molecule has 0 aromatic heterocycles. The molecule has 1 aliphatic heterocycles. The van der Waals surface area contributed by atoms with Gasteiger partial charge in [-0.2, -0.15) is 0 Å². The van der Waals surface area contributed by atoms with Gasteiger partial charge in [0.05, 0.1) is 18.3 Å². The zero-order valence-corrected chi connectivity index (χ0v) is 24.7. The van der Waals surface area contributed by atoms with Crippen LogP contribution < -0.4 is 10.1 Å². The summed E-state index contributed by atoms with van der Waals surface area (Å²) in [5, 5.41) is 11.9. The molecule has 1 fully saturated rings. The molecule has 1 heterocycles. The lowest BCUT2D eigenvalue weighted by atomic mass is 9.84. The van der Waals surface area contributed by atoms with E-state index in [0.717, 1.165) is 11.1 Å². The first-order valence-electron chi connectivity index (χ1n) is 14.3. The molecule has 2 unspecified atom stereocenters. The zero-order valence-electron chi connectivity index (χ0n) is 24.7. The average molecular weight is 584 g/mol. The van der Waals surface area contributed by atoms with Crippen LogP contribution in [-0.2, 0) is 28.6 Å². The number of Topliss-reactive ketones (excluding diaryl/α,β-unsaturated/α-hetero) is 1. The molecule has 0 bridgehead atoms. The smallest absolute Gasteiger partial charge is 0.335 e. The van der Waals surface area contributed by atoms with Crippen LogP contribution in [0.4, 0.5) is 0 Å². The van der Waals surface area contributed by atoms with Crippen LogP contribution in [0.15, 0.2) is 48.5 Å². The van der Waals surface area contributed by atoms with E-state index < -0.39 is 18.4 Å². The maximum Gasteiger partial charge on any atom is 0.335 e. The number of carboxylic acid groups (broad SMARTS) is 1. The fourth-order valence-electron chi connectivity index (χ4n) is 4.76. The van der Waals surface area contributed by atoms with Crippen LogP contribution in [0.1, 0.15) is 63.7 Å². The molecule has 228 valence electrons. The molecule has 10 heteroatoms. The molecular weight excluding hydrogens is 542 g/mol. The summed E-state index contributed by atoms with van der Waals surface area (Å²) in [5.41, 5.74) is 1.81. The van der Waals surface area contributed by atoms with Crippen molar-refractivity contribution in [1.82, 2.24) is 5.32 Å². The number of benzene rings is 2. The number of ketones is 1. The van der Waals surface area contributed by atoms with Gasteiger partial charge in [-0.15, -0.1) is 0 Å². The number of carbonyl (C=O) groups excluding carboxylic acids is 3. The van der Waals surface area contributed by atoms with Gasteiger partial charge in [0.2, 0.25) is 0 Å². The molecule has 2 aromatic rings. The third kappa shape index (κ3) is 9.95. The average Bonchev–Trinajstić information content (AvgIpc) is 2.97. The van der Waals surface area contributed by atoms with Gasteiger partial charge in [-0.1, -0.05) is 38.1 Å². The van der Waals surface area contributed by atoms with Crippen molar-refractivity contribution in [2.75, 3.05) is 19.8 Å². The molecule has 0 radical (unpaired) electrons. The normalized spacial score (nSPS) is 21.8. The van der Waals surface area contributed by atoms with E-state index in [1.54, 1.807) is 36.4 Å². The highest BCUT2D eigenvalue weighted by Gasteiger charge is 2.42. The Kier molecular flexibility index (Phi) is 12.5. The lowest BCUT2D eigenvalue weighted by Crippen LogP contribution is -2.51. The fourth-order valence-corrected chi connectivity index (χ4v) is 4.76. The third-order valence-corrected chi connectivity index (χ3v) is 7.51. The van der Waals surface area contributed by atoms with Crippen molar-refractivity contribution < 1.29 is 43.2 Å². The highest BCUT2D eigenvalue weighted by molar-refractivity contribution is 5.89. The van der Waals surface area contributed by atoms with Crippen molar-refractivity contribution in [3.8, 4) is 16.9 Å². The Morgan fingerprint density at radius 3 is 2.33 bits per heavy atom. The molecule has 5 atom stereocenters. The highest BCUT2D eigenvalue weighted by Crippen LogP contribution is 2.33. The first-order chi connectivity index (χ1) is 20.0. The zero-order chi connectivity index (χ0) is 30.6. The van der Waals surface area contributed by atoms with Crippen molar-refractivity contribution in [2.45, 2.75) is 71.9 Å². The number of esters is 1. The minimum absolute atomic E-state index is 0.0325. The molecule has 42 heavy (non-hydrogen) atoms. The summed E-state index contributed by atoms with van der Waals surface area (Å²) in [5.74, 6) is -0.769. The Morgan fingerprint density at radius 1 is 0.929 bits per heavy atom. The number of ether oxygens (including phenoxy) is 4. The predicted octanol–water partition coefficient (Wildman–Crippen LogP) is 4.64. The highest BCUT2D eigenvalue weighted by atomic mass is 16.7. The van der Waals surface area contributed by atoms with Crippen molar-refractivity contribution >= 4 is 23.6 Å². The van der Waals surface area contributed by atoms with Crippen LogP contribution in [0.25, 0.3) is 11.1 Å². The summed E-state index contributed by atoms with van der Waals surface area (Å²) in [6.45, 7) is 7.93. The maximum absolute atomic E-state index is 12.3. The van der Waals surface area contributed by atoms with Crippen LogP contribution in [0.5, 0.6) is 5.75 Å². The Morgan fingerprint density at radius 2 is 1.64 bits per heavy atom. The summed E-state index contributed by atoms with van der Waals surface area (Å²) < 4.78 is 22.8. The van der Waals surface area contributed by atoms with Crippen LogP contribution in [0.3, 0.4) is 0 Å². The van der Waals surface area contributed by atoms with Gasteiger partial charge in [-0.25, -0.2) is 4.79 Å². The minimum Gasteiger partial charge on any atom is -0.484 e. The molecule has 0 spiro atoms. The lowest BCUT2D eigenvalue weighted by Gasteiger charge is -2.42.